The van der Waals surface area contributed by atoms with E-state index in [0.29, 0.717) is 13.0 Å². The van der Waals surface area contributed by atoms with Gasteiger partial charge in [-0.05, 0) is 62.5 Å². The molecule has 188 valence electrons. The number of nitrogens with one attached hydrogen (secondary N) is 1. The first-order chi connectivity index (χ1) is 18.0. The van der Waals surface area contributed by atoms with E-state index in [1.807, 2.05) is 91.9 Å². The van der Waals surface area contributed by atoms with Crippen LogP contribution in [0.15, 0.2) is 84.9 Å². The van der Waals surface area contributed by atoms with E-state index >= 15 is 0 Å². The van der Waals surface area contributed by atoms with Crippen molar-refractivity contribution in [3.05, 3.63) is 107 Å². The molecule has 0 radical (unpaired) electrons. The molecule has 5 rings (SSSR count). The number of benzene rings is 3. The highest BCUT2D eigenvalue weighted by molar-refractivity contribution is 6.09. The molecule has 1 atom stereocenters. The van der Waals surface area contributed by atoms with Gasteiger partial charge in [0.1, 0.15) is 0 Å². The van der Waals surface area contributed by atoms with Crippen LogP contribution in [0.25, 0.3) is 0 Å². The first-order valence-electron chi connectivity index (χ1n) is 12.9. The van der Waals surface area contributed by atoms with Crippen molar-refractivity contribution in [3.63, 3.8) is 0 Å². The summed E-state index contributed by atoms with van der Waals surface area (Å²) in [5.74, 6) is -0.237. The zero-order valence-corrected chi connectivity index (χ0v) is 21.2. The number of carbonyl (C=O) groups excluding carboxylic acids is 2. The molecular formula is C31H32N4O2. The second-order valence-corrected chi connectivity index (χ2v) is 10.1. The number of rotatable bonds is 7. The van der Waals surface area contributed by atoms with Crippen LogP contribution in [0.2, 0.25) is 0 Å². The summed E-state index contributed by atoms with van der Waals surface area (Å²) in [6.07, 6.45) is 2.24. The number of likely N-dealkylation sites (tertiary alicyclic amines) is 1. The summed E-state index contributed by atoms with van der Waals surface area (Å²) in [6, 6.07) is 29.5. The number of imide groups is 1. The van der Waals surface area contributed by atoms with Gasteiger partial charge in [0.2, 0.25) is 0 Å². The maximum Gasteiger partial charge on any atom is 0.325 e. The summed E-state index contributed by atoms with van der Waals surface area (Å²) >= 11 is 0. The zero-order chi connectivity index (χ0) is 25.9. The summed E-state index contributed by atoms with van der Waals surface area (Å²) in [7, 11) is 0. The lowest BCUT2D eigenvalue weighted by Gasteiger charge is -2.37. The van der Waals surface area contributed by atoms with Gasteiger partial charge in [0.15, 0.2) is 5.54 Å². The highest BCUT2D eigenvalue weighted by Gasteiger charge is 2.53. The summed E-state index contributed by atoms with van der Waals surface area (Å²) in [5.41, 5.74) is 2.03. The van der Waals surface area contributed by atoms with Gasteiger partial charge in [-0.1, -0.05) is 90.5 Å². The average molecular weight is 493 g/mol. The summed E-state index contributed by atoms with van der Waals surface area (Å²) < 4.78 is 0. The number of urea groups is 1. The van der Waals surface area contributed by atoms with E-state index in [9.17, 15) is 14.9 Å². The quantitative estimate of drug-likeness (QED) is 0.484. The number of hydrogen-bond donors (Lipinski definition) is 1. The van der Waals surface area contributed by atoms with E-state index in [2.05, 4.69) is 16.3 Å². The fourth-order valence-electron chi connectivity index (χ4n) is 5.66. The van der Waals surface area contributed by atoms with Crippen LogP contribution in [0.4, 0.5) is 4.79 Å². The van der Waals surface area contributed by atoms with E-state index < -0.39 is 11.0 Å². The third-order valence-electron chi connectivity index (χ3n) is 7.90. The van der Waals surface area contributed by atoms with Gasteiger partial charge in [0.05, 0.1) is 11.5 Å². The van der Waals surface area contributed by atoms with E-state index in [4.69, 9.17) is 0 Å². The van der Waals surface area contributed by atoms with Crippen LogP contribution in [-0.4, -0.2) is 47.9 Å². The van der Waals surface area contributed by atoms with Gasteiger partial charge >= 0.3 is 6.03 Å². The number of piperidine rings is 1. The van der Waals surface area contributed by atoms with Crippen molar-refractivity contribution < 1.29 is 9.59 Å². The Labute approximate surface area is 218 Å². The maximum atomic E-state index is 13.9. The minimum absolute atomic E-state index is 0.237. The number of carbonyl (C=O) groups is 2. The van der Waals surface area contributed by atoms with Crippen LogP contribution in [-0.2, 0) is 15.7 Å². The molecule has 2 saturated heterocycles. The lowest BCUT2D eigenvalue weighted by atomic mass is 9.74. The zero-order valence-electron chi connectivity index (χ0n) is 21.2. The Kier molecular flexibility index (Phi) is 6.82. The molecule has 2 fully saturated rings. The van der Waals surface area contributed by atoms with Crippen molar-refractivity contribution in [1.29, 1.82) is 5.26 Å². The Morgan fingerprint density at radius 2 is 1.38 bits per heavy atom. The predicted molar refractivity (Wildman–Crippen MR) is 143 cm³/mol. The van der Waals surface area contributed by atoms with Gasteiger partial charge in [0.25, 0.3) is 5.91 Å². The fraction of sp³-hybridized carbons (Fsp3) is 0.323. The second kappa shape index (κ2) is 10.2. The third kappa shape index (κ3) is 4.52. The molecule has 6 nitrogen and oxygen atoms in total. The van der Waals surface area contributed by atoms with Crippen LogP contribution in [0.1, 0.15) is 41.5 Å². The normalized spacial score (nSPS) is 21.5. The SMILES string of the molecule is Cc1ccc(C2(c3ccccc3)NC(=O)N(CCCN3CCC(C#N)(c4ccccc4)CC3)C2=O)cc1. The number of aryl methyl sites for hydroxylation is 1. The molecule has 6 heteroatoms. The molecule has 0 saturated carbocycles. The predicted octanol–water partition coefficient (Wildman–Crippen LogP) is 4.74. The van der Waals surface area contributed by atoms with Crippen molar-refractivity contribution >= 4 is 11.9 Å². The molecule has 1 unspecified atom stereocenters. The number of hydrogen-bond acceptors (Lipinski definition) is 4. The molecule has 3 aromatic carbocycles. The second-order valence-electron chi connectivity index (χ2n) is 10.1. The molecular weight excluding hydrogens is 460 g/mol. The van der Waals surface area contributed by atoms with E-state index in [1.165, 1.54) is 4.90 Å². The Balaban J connectivity index is 1.26. The summed E-state index contributed by atoms with van der Waals surface area (Å²) in [5, 5.41) is 13.0. The van der Waals surface area contributed by atoms with Crippen molar-refractivity contribution in [1.82, 2.24) is 15.1 Å². The molecule has 37 heavy (non-hydrogen) atoms. The largest absolute Gasteiger partial charge is 0.325 e. The lowest BCUT2D eigenvalue weighted by molar-refractivity contribution is -0.130. The monoisotopic (exact) mass is 492 g/mol. The minimum atomic E-state index is -1.22. The van der Waals surface area contributed by atoms with Crippen LogP contribution < -0.4 is 5.32 Å². The standard InChI is InChI=1S/C31H32N4O2/c1-24-13-15-27(16-14-24)31(26-11-6-3-7-12-26)28(36)35(29(37)33-31)20-8-19-34-21-17-30(23-32,18-22-34)25-9-4-2-5-10-25/h2-7,9-16H,8,17-22H2,1H3,(H,33,37). The molecule has 3 aromatic rings. The maximum absolute atomic E-state index is 13.9. The number of amides is 3. The van der Waals surface area contributed by atoms with Crippen LogP contribution >= 0.6 is 0 Å². The first-order valence-corrected chi connectivity index (χ1v) is 12.9. The van der Waals surface area contributed by atoms with Gasteiger partial charge in [-0.15, -0.1) is 0 Å². The Morgan fingerprint density at radius 3 is 1.97 bits per heavy atom. The van der Waals surface area contributed by atoms with Crippen LogP contribution in [0.5, 0.6) is 0 Å². The Morgan fingerprint density at radius 1 is 0.811 bits per heavy atom. The third-order valence-corrected chi connectivity index (χ3v) is 7.90. The molecule has 2 heterocycles. The Bertz CT molecular complexity index is 1290. The van der Waals surface area contributed by atoms with Crippen LogP contribution in [0.3, 0.4) is 0 Å². The Hall–Kier alpha value is -3.95. The first kappa shape index (κ1) is 24.7. The molecule has 2 aliphatic heterocycles. The van der Waals surface area contributed by atoms with Crippen LogP contribution in [0, 0.1) is 18.3 Å². The van der Waals surface area contributed by atoms with Gasteiger partial charge in [-0.3, -0.25) is 9.69 Å². The van der Waals surface area contributed by atoms with Crippen molar-refractivity contribution in [3.8, 4) is 6.07 Å². The lowest BCUT2D eigenvalue weighted by Crippen LogP contribution is -2.45. The molecule has 3 amide bonds. The van der Waals surface area contributed by atoms with Gasteiger partial charge in [0, 0.05) is 6.54 Å². The van der Waals surface area contributed by atoms with E-state index in [1.54, 1.807) is 0 Å². The van der Waals surface area contributed by atoms with Crippen molar-refractivity contribution in [2.24, 2.45) is 0 Å². The molecule has 0 aromatic heterocycles. The summed E-state index contributed by atoms with van der Waals surface area (Å²) in [6.45, 7) is 4.77. The van der Waals surface area contributed by atoms with E-state index in [0.717, 1.165) is 54.7 Å². The average Bonchev–Trinajstić information content (AvgIpc) is 3.20. The highest BCUT2D eigenvalue weighted by atomic mass is 16.2. The molecule has 2 aliphatic rings. The highest BCUT2D eigenvalue weighted by Crippen LogP contribution is 2.37. The van der Waals surface area contributed by atoms with Gasteiger partial charge < -0.3 is 10.2 Å². The van der Waals surface area contributed by atoms with Crippen molar-refractivity contribution in [2.45, 2.75) is 37.1 Å². The molecule has 1 N–H and O–H groups in total. The molecule has 0 bridgehead atoms. The van der Waals surface area contributed by atoms with Gasteiger partial charge in [-0.25, -0.2) is 4.79 Å². The number of nitriles is 1. The van der Waals surface area contributed by atoms with Crippen molar-refractivity contribution in [2.75, 3.05) is 26.2 Å². The fourth-order valence-corrected chi connectivity index (χ4v) is 5.66. The topological polar surface area (TPSA) is 76.4 Å². The molecule has 0 aliphatic carbocycles. The summed E-state index contributed by atoms with van der Waals surface area (Å²) in [4.78, 5) is 30.7. The van der Waals surface area contributed by atoms with Gasteiger partial charge in [-0.2, -0.15) is 5.26 Å². The minimum Gasteiger partial charge on any atom is -0.315 e. The number of nitrogens with zero attached hydrogens (tertiary/aromatic N) is 3. The van der Waals surface area contributed by atoms with E-state index in [-0.39, 0.29) is 11.9 Å². The molecule has 0 spiro atoms. The smallest absolute Gasteiger partial charge is 0.315 e.